The number of H-pyrrole nitrogens is 2. The number of methoxy groups -OCH3 is 2. The smallest absolute Gasteiger partial charge is 0.407 e. The van der Waals surface area contributed by atoms with Crippen molar-refractivity contribution >= 4 is 45.8 Å². The summed E-state index contributed by atoms with van der Waals surface area (Å²) in [5.41, 5.74) is 5.25. The Bertz CT molecular complexity index is 2370. The van der Waals surface area contributed by atoms with Gasteiger partial charge in [0.25, 0.3) is 0 Å². The Morgan fingerprint density at radius 1 is 0.672 bits per heavy atom. The van der Waals surface area contributed by atoms with E-state index >= 15 is 0 Å². The van der Waals surface area contributed by atoms with Crippen molar-refractivity contribution in [3.05, 3.63) is 66.5 Å². The lowest BCUT2D eigenvalue weighted by molar-refractivity contribution is -0.137. The highest BCUT2D eigenvalue weighted by atomic mass is 16.5. The van der Waals surface area contributed by atoms with Crippen LogP contribution in [0.2, 0.25) is 0 Å². The second-order valence-electron chi connectivity index (χ2n) is 16.2. The summed E-state index contributed by atoms with van der Waals surface area (Å²) >= 11 is 0. The molecule has 4 N–H and O–H groups in total. The van der Waals surface area contributed by atoms with Gasteiger partial charge in [-0.25, -0.2) is 19.6 Å². The van der Waals surface area contributed by atoms with Gasteiger partial charge in [0.1, 0.15) is 23.7 Å². The first-order chi connectivity index (χ1) is 28.3. The molecule has 4 aliphatic rings. The van der Waals surface area contributed by atoms with Crippen molar-refractivity contribution in [3.8, 4) is 22.5 Å². The van der Waals surface area contributed by atoms with Crippen molar-refractivity contribution in [2.75, 3.05) is 27.3 Å². The number of rotatable bonds is 10. The third-order valence-electron chi connectivity index (χ3n) is 12.8. The summed E-state index contributed by atoms with van der Waals surface area (Å²) in [6.07, 6.45) is 11.6. The van der Waals surface area contributed by atoms with Crippen molar-refractivity contribution in [1.82, 2.24) is 45.4 Å². The second kappa shape index (κ2) is 15.7. The van der Waals surface area contributed by atoms with Crippen molar-refractivity contribution in [3.63, 3.8) is 0 Å². The SMILES string of the molecule is COC(=O)NC(C(=O)N1CCCC1c1ncc(-c2ccc3cc(-c4ccc5nc(C6CCCN6C(=O)C(NC(=O)OC)C6CCC6)[nH]c5c4)ncc3c2)[nH]1)C1CCC1. The number of aromatic nitrogens is 5. The van der Waals surface area contributed by atoms with Crippen molar-refractivity contribution in [2.45, 2.75) is 88.4 Å². The summed E-state index contributed by atoms with van der Waals surface area (Å²) < 4.78 is 9.67. The number of benzene rings is 2. The molecule has 2 saturated heterocycles. The number of hydrogen-bond donors (Lipinski definition) is 4. The number of carbonyl (C=O) groups is 4. The molecule has 2 aliphatic heterocycles. The summed E-state index contributed by atoms with van der Waals surface area (Å²) in [5.74, 6) is 1.56. The molecule has 4 fully saturated rings. The normalized spacial score (nSPS) is 20.7. The summed E-state index contributed by atoms with van der Waals surface area (Å²) in [7, 11) is 2.63. The molecule has 2 aliphatic carbocycles. The molecule has 5 heterocycles. The van der Waals surface area contributed by atoms with Crippen LogP contribution in [0.5, 0.6) is 0 Å². The van der Waals surface area contributed by atoms with E-state index in [4.69, 9.17) is 24.4 Å². The van der Waals surface area contributed by atoms with Gasteiger partial charge in [0.05, 0.1) is 54.9 Å². The third-order valence-corrected chi connectivity index (χ3v) is 12.8. The van der Waals surface area contributed by atoms with E-state index in [-0.39, 0.29) is 35.7 Å². The highest BCUT2D eigenvalue weighted by molar-refractivity contribution is 5.91. The summed E-state index contributed by atoms with van der Waals surface area (Å²) in [6.45, 7) is 1.23. The molecule has 4 amide bonds. The van der Waals surface area contributed by atoms with E-state index < -0.39 is 24.3 Å². The van der Waals surface area contributed by atoms with Crippen LogP contribution in [0.25, 0.3) is 44.3 Å². The number of nitrogens with zero attached hydrogens (tertiary/aromatic N) is 5. The highest BCUT2D eigenvalue weighted by Gasteiger charge is 2.43. The molecular formula is C43H49N9O6. The van der Waals surface area contributed by atoms with Crippen LogP contribution in [0.15, 0.2) is 54.9 Å². The lowest BCUT2D eigenvalue weighted by Gasteiger charge is -2.36. The number of pyridine rings is 1. The van der Waals surface area contributed by atoms with Gasteiger partial charge in [0.15, 0.2) is 0 Å². The quantitative estimate of drug-likeness (QED) is 0.122. The fraction of sp³-hybridized carbons (Fsp3) is 0.465. The van der Waals surface area contributed by atoms with Crippen LogP contribution in [0.4, 0.5) is 9.59 Å². The van der Waals surface area contributed by atoms with Gasteiger partial charge in [-0.3, -0.25) is 14.6 Å². The Morgan fingerprint density at radius 3 is 1.90 bits per heavy atom. The van der Waals surface area contributed by atoms with Crippen LogP contribution in [-0.2, 0) is 19.1 Å². The molecule has 15 heteroatoms. The van der Waals surface area contributed by atoms with Crippen molar-refractivity contribution in [1.29, 1.82) is 0 Å². The fourth-order valence-electron chi connectivity index (χ4n) is 9.13. The maximum atomic E-state index is 13.8. The maximum absolute atomic E-state index is 13.8. The molecule has 4 unspecified atom stereocenters. The zero-order chi connectivity index (χ0) is 39.9. The highest BCUT2D eigenvalue weighted by Crippen LogP contribution is 2.38. The monoisotopic (exact) mass is 787 g/mol. The number of likely N-dealkylation sites (tertiary alicyclic amines) is 2. The first kappa shape index (κ1) is 37.6. The lowest BCUT2D eigenvalue weighted by Crippen LogP contribution is -2.53. The van der Waals surface area contributed by atoms with Crippen LogP contribution < -0.4 is 10.6 Å². The molecule has 3 aromatic heterocycles. The zero-order valence-electron chi connectivity index (χ0n) is 32.8. The largest absolute Gasteiger partial charge is 0.453 e. The number of alkyl carbamates (subject to hydrolysis) is 2. The zero-order valence-corrected chi connectivity index (χ0v) is 32.8. The first-order valence-corrected chi connectivity index (χ1v) is 20.5. The van der Waals surface area contributed by atoms with Gasteiger partial charge < -0.3 is 39.9 Å². The molecule has 9 rings (SSSR count). The van der Waals surface area contributed by atoms with E-state index in [1.165, 1.54) is 14.2 Å². The standard InChI is InChI=1S/C43H49N9O6/c1-57-42(55)49-36(24-7-3-8-24)40(53)51-17-5-11-34(51)38-45-23-33(48-38)27-14-13-26-20-31(44-22-29(26)19-27)28-15-16-30-32(21-28)47-39(46-30)35-12-6-18-52(35)41(54)37(25-9-4-10-25)50-43(56)58-2/h13-16,19-25,34-37H,3-12,17-18H2,1-2H3,(H,45,48)(H,46,47)(H,49,55)(H,50,56). The molecule has 0 spiro atoms. The molecule has 2 saturated carbocycles. The van der Waals surface area contributed by atoms with Gasteiger partial charge in [0.2, 0.25) is 11.8 Å². The molecule has 4 atom stereocenters. The van der Waals surface area contributed by atoms with Gasteiger partial charge in [-0.15, -0.1) is 0 Å². The number of fused-ring (bicyclic) bond motifs is 2. The van der Waals surface area contributed by atoms with Gasteiger partial charge >= 0.3 is 12.2 Å². The number of amides is 4. The van der Waals surface area contributed by atoms with E-state index in [1.807, 2.05) is 34.3 Å². The predicted molar refractivity (Wildman–Crippen MR) is 215 cm³/mol. The van der Waals surface area contributed by atoms with Crippen LogP contribution in [0.1, 0.15) is 87.9 Å². The van der Waals surface area contributed by atoms with Crippen LogP contribution in [0, 0.1) is 11.8 Å². The fourth-order valence-corrected chi connectivity index (χ4v) is 9.13. The molecule has 0 bridgehead atoms. The Balaban J connectivity index is 0.903. The van der Waals surface area contributed by atoms with E-state index in [0.29, 0.717) is 13.1 Å². The van der Waals surface area contributed by atoms with E-state index in [2.05, 4.69) is 50.9 Å². The van der Waals surface area contributed by atoms with Crippen LogP contribution in [-0.4, -0.2) is 98.1 Å². The number of aromatic amines is 2. The lowest BCUT2D eigenvalue weighted by atomic mass is 9.79. The number of carbonyl (C=O) groups excluding carboxylic acids is 4. The molecule has 0 radical (unpaired) electrons. The topological polar surface area (TPSA) is 188 Å². The molecular weight excluding hydrogens is 739 g/mol. The molecule has 15 nitrogen and oxygen atoms in total. The summed E-state index contributed by atoms with van der Waals surface area (Å²) in [5, 5.41) is 7.62. The van der Waals surface area contributed by atoms with Gasteiger partial charge in [0, 0.05) is 35.8 Å². The van der Waals surface area contributed by atoms with Gasteiger partial charge in [-0.2, -0.15) is 0 Å². The molecule has 302 valence electrons. The molecule has 5 aromatic rings. The molecule has 2 aromatic carbocycles. The predicted octanol–water partition coefficient (Wildman–Crippen LogP) is 6.54. The van der Waals surface area contributed by atoms with Crippen LogP contribution in [0.3, 0.4) is 0 Å². The maximum Gasteiger partial charge on any atom is 0.407 e. The first-order valence-electron chi connectivity index (χ1n) is 20.5. The Kier molecular flexibility index (Phi) is 10.2. The average Bonchev–Trinajstić information content (AvgIpc) is 4.04. The second-order valence-corrected chi connectivity index (χ2v) is 16.2. The Labute approximate surface area is 335 Å². The van der Waals surface area contributed by atoms with Crippen molar-refractivity contribution < 1.29 is 28.7 Å². The number of nitrogens with one attached hydrogen (secondary N) is 4. The average molecular weight is 788 g/mol. The van der Waals surface area contributed by atoms with Crippen LogP contribution >= 0.6 is 0 Å². The molecule has 58 heavy (non-hydrogen) atoms. The minimum Gasteiger partial charge on any atom is -0.453 e. The minimum atomic E-state index is -0.599. The Hall–Kier alpha value is -5.99. The van der Waals surface area contributed by atoms with Gasteiger partial charge in [-0.1, -0.05) is 31.0 Å². The Morgan fingerprint density at radius 2 is 1.29 bits per heavy atom. The summed E-state index contributed by atoms with van der Waals surface area (Å²) in [6, 6.07) is 12.7. The van der Waals surface area contributed by atoms with Crippen molar-refractivity contribution in [2.24, 2.45) is 11.8 Å². The summed E-state index contributed by atoms with van der Waals surface area (Å²) in [4.78, 5) is 77.1. The van der Waals surface area contributed by atoms with E-state index in [0.717, 1.165) is 120 Å². The number of ether oxygens (including phenoxy) is 2. The minimum absolute atomic E-state index is 0.0776. The van der Waals surface area contributed by atoms with E-state index in [9.17, 15) is 19.2 Å². The van der Waals surface area contributed by atoms with E-state index in [1.54, 1.807) is 0 Å². The third kappa shape index (κ3) is 7.11. The number of imidazole rings is 2. The van der Waals surface area contributed by atoms with Gasteiger partial charge in [-0.05, 0) is 92.9 Å². The number of hydrogen-bond acceptors (Lipinski definition) is 9.